The van der Waals surface area contributed by atoms with Crippen molar-refractivity contribution in [3.63, 3.8) is 0 Å². The largest absolute Gasteiger partial charge is 0.365 e. The highest BCUT2D eigenvalue weighted by Gasteiger charge is 2.30. The van der Waals surface area contributed by atoms with Gasteiger partial charge in [-0.05, 0) is 26.0 Å². The number of hydrogen-bond donors (Lipinski definition) is 0. The molecule has 0 aromatic heterocycles. The minimum atomic E-state index is -0.667. The maximum Gasteiger partial charge on any atom is 0.150 e. The lowest BCUT2D eigenvalue weighted by atomic mass is 10.1. The SMILES string of the molecule is CC1(C)CN(c2c(F)cc(C=O)cc2F)CCS1. The van der Waals surface area contributed by atoms with E-state index in [-0.39, 0.29) is 16.0 Å². The van der Waals surface area contributed by atoms with Crippen LogP contribution in [-0.4, -0.2) is 29.9 Å². The van der Waals surface area contributed by atoms with Gasteiger partial charge in [0.25, 0.3) is 0 Å². The van der Waals surface area contributed by atoms with Gasteiger partial charge in [0.05, 0.1) is 0 Å². The standard InChI is InChI=1S/C13H15F2NOS/c1-13(2)8-16(3-4-18-13)12-10(14)5-9(7-17)6-11(12)15/h5-7H,3-4,8H2,1-2H3. The molecule has 0 bridgehead atoms. The minimum Gasteiger partial charge on any atom is -0.365 e. The smallest absolute Gasteiger partial charge is 0.150 e. The van der Waals surface area contributed by atoms with Gasteiger partial charge in [0.1, 0.15) is 23.6 Å². The Morgan fingerprint density at radius 1 is 1.33 bits per heavy atom. The zero-order chi connectivity index (χ0) is 13.3. The molecule has 1 aromatic rings. The third-order valence-electron chi connectivity index (χ3n) is 2.92. The third kappa shape index (κ3) is 2.66. The number of carbonyl (C=O) groups excluding carboxylic acids is 1. The molecule has 0 N–H and O–H groups in total. The number of rotatable bonds is 2. The van der Waals surface area contributed by atoms with E-state index in [4.69, 9.17) is 0 Å². The highest BCUT2D eigenvalue weighted by Crippen LogP contribution is 2.34. The number of carbonyl (C=O) groups is 1. The Morgan fingerprint density at radius 2 is 1.94 bits per heavy atom. The second kappa shape index (κ2) is 4.88. The third-order valence-corrected chi connectivity index (χ3v) is 4.21. The Kier molecular flexibility index (Phi) is 3.61. The first kappa shape index (κ1) is 13.3. The van der Waals surface area contributed by atoms with E-state index in [1.54, 1.807) is 16.7 Å². The average molecular weight is 271 g/mol. The molecule has 0 aliphatic carbocycles. The van der Waals surface area contributed by atoms with Crippen molar-refractivity contribution in [2.75, 3.05) is 23.7 Å². The van der Waals surface area contributed by atoms with E-state index in [1.165, 1.54) is 0 Å². The highest BCUT2D eigenvalue weighted by molar-refractivity contribution is 8.00. The Bertz CT molecular complexity index is 453. The van der Waals surface area contributed by atoms with Gasteiger partial charge in [-0.2, -0.15) is 11.8 Å². The number of anilines is 1. The van der Waals surface area contributed by atoms with Gasteiger partial charge in [-0.1, -0.05) is 0 Å². The van der Waals surface area contributed by atoms with Crippen LogP contribution >= 0.6 is 11.8 Å². The molecule has 2 rings (SSSR count). The Labute approximate surface area is 109 Å². The van der Waals surface area contributed by atoms with Crippen LogP contribution in [0, 0.1) is 11.6 Å². The molecule has 18 heavy (non-hydrogen) atoms. The van der Waals surface area contributed by atoms with E-state index in [9.17, 15) is 13.6 Å². The van der Waals surface area contributed by atoms with Gasteiger partial charge >= 0.3 is 0 Å². The Balaban J connectivity index is 2.36. The zero-order valence-electron chi connectivity index (χ0n) is 10.4. The van der Waals surface area contributed by atoms with Gasteiger partial charge in [-0.3, -0.25) is 4.79 Å². The molecule has 1 aliphatic heterocycles. The molecule has 1 saturated heterocycles. The first-order valence-electron chi connectivity index (χ1n) is 5.76. The Morgan fingerprint density at radius 3 is 2.44 bits per heavy atom. The summed E-state index contributed by atoms with van der Waals surface area (Å²) in [4.78, 5) is 12.3. The van der Waals surface area contributed by atoms with E-state index in [0.717, 1.165) is 17.9 Å². The molecule has 5 heteroatoms. The molecule has 1 heterocycles. The fourth-order valence-electron chi connectivity index (χ4n) is 2.16. The summed E-state index contributed by atoms with van der Waals surface area (Å²) in [5, 5.41) is 0. The predicted molar refractivity (Wildman–Crippen MR) is 70.5 cm³/mol. The molecular weight excluding hydrogens is 256 g/mol. The normalized spacial score (nSPS) is 18.8. The van der Waals surface area contributed by atoms with Crippen molar-refractivity contribution in [3.05, 3.63) is 29.3 Å². The lowest BCUT2D eigenvalue weighted by molar-refractivity contribution is 0.112. The average Bonchev–Trinajstić information content (AvgIpc) is 2.26. The van der Waals surface area contributed by atoms with Crippen LogP contribution in [0.5, 0.6) is 0 Å². The molecule has 0 spiro atoms. The highest BCUT2D eigenvalue weighted by atomic mass is 32.2. The van der Waals surface area contributed by atoms with Crippen molar-refractivity contribution in [1.82, 2.24) is 0 Å². The van der Waals surface area contributed by atoms with E-state index < -0.39 is 11.6 Å². The molecule has 1 aliphatic rings. The molecule has 0 saturated carbocycles. The van der Waals surface area contributed by atoms with Gasteiger partial charge in [0.2, 0.25) is 0 Å². The predicted octanol–water partition coefficient (Wildman–Crippen LogP) is 3.11. The lowest BCUT2D eigenvalue weighted by Crippen LogP contribution is -2.44. The number of thioether (sulfide) groups is 1. The van der Waals surface area contributed by atoms with Crippen molar-refractivity contribution >= 4 is 23.7 Å². The second-order valence-corrected chi connectivity index (χ2v) is 6.78. The molecular formula is C13H15F2NOS. The van der Waals surface area contributed by atoms with Gasteiger partial charge in [0, 0.05) is 29.2 Å². The van der Waals surface area contributed by atoms with Gasteiger partial charge in [-0.25, -0.2) is 8.78 Å². The fraction of sp³-hybridized carbons (Fsp3) is 0.462. The molecule has 1 fully saturated rings. The second-order valence-electron chi connectivity index (χ2n) is 4.98. The van der Waals surface area contributed by atoms with Crippen molar-refractivity contribution in [2.45, 2.75) is 18.6 Å². The van der Waals surface area contributed by atoms with E-state index in [0.29, 0.717) is 19.4 Å². The summed E-state index contributed by atoms with van der Waals surface area (Å²) in [5.74, 6) is -0.499. The summed E-state index contributed by atoms with van der Waals surface area (Å²) < 4.78 is 27.7. The van der Waals surface area contributed by atoms with Crippen LogP contribution in [0.25, 0.3) is 0 Å². The first-order chi connectivity index (χ1) is 8.43. The summed E-state index contributed by atoms with van der Waals surface area (Å²) in [6.45, 7) is 5.31. The minimum absolute atomic E-state index is 0.0195. The van der Waals surface area contributed by atoms with Crippen LogP contribution in [0.1, 0.15) is 24.2 Å². The van der Waals surface area contributed by atoms with E-state index >= 15 is 0 Å². The van der Waals surface area contributed by atoms with Crippen molar-refractivity contribution in [2.24, 2.45) is 0 Å². The Hall–Kier alpha value is -1.10. The van der Waals surface area contributed by atoms with Crippen LogP contribution in [0.2, 0.25) is 0 Å². The van der Waals surface area contributed by atoms with Gasteiger partial charge in [0.15, 0.2) is 0 Å². The quantitative estimate of drug-likeness (QED) is 0.771. The zero-order valence-corrected chi connectivity index (χ0v) is 11.2. The first-order valence-corrected chi connectivity index (χ1v) is 6.75. The van der Waals surface area contributed by atoms with Crippen LogP contribution in [0.15, 0.2) is 12.1 Å². The van der Waals surface area contributed by atoms with Crippen molar-refractivity contribution in [1.29, 1.82) is 0 Å². The molecule has 1 aromatic carbocycles. The van der Waals surface area contributed by atoms with Crippen LogP contribution in [-0.2, 0) is 0 Å². The molecule has 98 valence electrons. The maximum atomic E-state index is 13.9. The van der Waals surface area contributed by atoms with Crippen molar-refractivity contribution in [3.8, 4) is 0 Å². The van der Waals surface area contributed by atoms with Crippen molar-refractivity contribution < 1.29 is 13.6 Å². The maximum absolute atomic E-state index is 13.9. The molecule has 0 atom stereocenters. The number of nitrogens with zero attached hydrogens (tertiary/aromatic N) is 1. The summed E-state index contributed by atoms with van der Waals surface area (Å²) in [6.07, 6.45) is 0.450. The lowest BCUT2D eigenvalue weighted by Gasteiger charge is -2.39. The number of aldehydes is 1. The summed E-state index contributed by atoms with van der Waals surface area (Å²) in [7, 11) is 0. The van der Waals surface area contributed by atoms with Gasteiger partial charge < -0.3 is 4.90 Å². The summed E-state index contributed by atoms with van der Waals surface area (Å²) in [5.41, 5.74) is 0.00775. The molecule has 0 unspecified atom stereocenters. The van der Waals surface area contributed by atoms with E-state index in [2.05, 4.69) is 13.8 Å². The summed E-state index contributed by atoms with van der Waals surface area (Å²) in [6, 6.07) is 2.17. The molecule has 0 amide bonds. The number of halogens is 2. The van der Waals surface area contributed by atoms with E-state index in [1.807, 2.05) is 0 Å². The fourth-order valence-corrected chi connectivity index (χ4v) is 3.27. The van der Waals surface area contributed by atoms with Crippen LogP contribution in [0.3, 0.4) is 0 Å². The monoisotopic (exact) mass is 271 g/mol. The number of benzene rings is 1. The van der Waals surface area contributed by atoms with Crippen LogP contribution < -0.4 is 4.90 Å². The molecule has 2 nitrogen and oxygen atoms in total. The topological polar surface area (TPSA) is 20.3 Å². The number of hydrogen-bond acceptors (Lipinski definition) is 3. The molecule has 0 radical (unpaired) electrons. The van der Waals surface area contributed by atoms with Gasteiger partial charge in [-0.15, -0.1) is 0 Å². The van der Waals surface area contributed by atoms with Crippen LogP contribution in [0.4, 0.5) is 14.5 Å². The summed E-state index contributed by atoms with van der Waals surface area (Å²) >= 11 is 1.80.